The molecule has 10 nitrogen and oxygen atoms in total. The zero-order valence-corrected chi connectivity index (χ0v) is 17.8. The van der Waals surface area contributed by atoms with Crippen molar-refractivity contribution >= 4 is 28.2 Å². The van der Waals surface area contributed by atoms with Gasteiger partial charge in [0.1, 0.15) is 11.2 Å². The second kappa shape index (κ2) is 8.74. The van der Waals surface area contributed by atoms with Crippen LogP contribution in [0.25, 0.3) is 10.9 Å². The number of fused-ring (bicyclic) bond motifs is 1. The van der Waals surface area contributed by atoms with Crippen molar-refractivity contribution in [1.29, 1.82) is 0 Å². The number of hydrogen-bond acceptors (Lipinski definition) is 8. The molecule has 10 heteroatoms. The molecule has 0 amide bonds. The van der Waals surface area contributed by atoms with E-state index in [2.05, 4.69) is 24.2 Å². The fourth-order valence-electron chi connectivity index (χ4n) is 4.23. The zero-order chi connectivity index (χ0) is 22.8. The van der Waals surface area contributed by atoms with Crippen LogP contribution in [0.1, 0.15) is 30.6 Å². The number of benzene rings is 2. The molecule has 166 valence electrons. The lowest BCUT2D eigenvalue weighted by atomic mass is 9.91. The summed E-state index contributed by atoms with van der Waals surface area (Å²) in [5, 5.41) is 19.8. The van der Waals surface area contributed by atoms with E-state index in [-0.39, 0.29) is 11.3 Å². The first-order valence-electron chi connectivity index (χ1n) is 10.4. The number of aromatic nitrogens is 3. The fourth-order valence-corrected chi connectivity index (χ4v) is 4.23. The molecule has 0 bridgehead atoms. The number of anilines is 1. The van der Waals surface area contributed by atoms with Gasteiger partial charge in [-0.2, -0.15) is 4.68 Å². The van der Waals surface area contributed by atoms with Crippen LogP contribution in [0.3, 0.4) is 0 Å². The first-order chi connectivity index (χ1) is 15.3. The lowest BCUT2D eigenvalue weighted by Crippen LogP contribution is -2.39. The number of piperidine rings is 1. The molecule has 0 N–H and O–H groups in total. The number of nitro groups is 1. The van der Waals surface area contributed by atoms with Gasteiger partial charge < -0.3 is 9.64 Å². The Balaban J connectivity index is 1.54. The molecule has 3 aromatic rings. The summed E-state index contributed by atoms with van der Waals surface area (Å²) in [7, 11) is 0. The topological polar surface area (TPSA) is 120 Å². The van der Waals surface area contributed by atoms with Gasteiger partial charge in [-0.25, -0.2) is 4.79 Å². The highest BCUT2D eigenvalue weighted by atomic mass is 16.6. The molecule has 0 spiro atoms. The predicted molar refractivity (Wildman–Crippen MR) is 117 cm³/mol. The maximum absolute atomic E-state index is 12.5. The van der Waals surface area contributed by atoms with Gasteiger partial charge in [0.2, 0.25) is 0 Å². The van der Waals surface area contributed by atoms with Gasteiger partial charge in [0.05, 0.1) is 15.9 Å². The second-order valence-electron chi connectivity index (χ2n) is 8.28. The summed E-state index contributed by atoms with van der Waals surface area (Å²) in [6, 6.07) is 11.0. The maximum atomic E-state index is 12.5. The molecular formula is C22H23N5O5. The Hall–Kier alpha value is -3.82. The predicted octanol–water partition coefficient (Wildman–Crippen LogP) is 3.00. The maximum Gasteiger partial charge on any atom is 0.340 e. The lowest BCUT2D eigenvalue weighted by Gasteiger charge is -2.36. The van der Waals surface area contributed by atoms with E-state index in [9.17, 15) is 19.7 Å². The van der Waals surface area contributed by atoms with Gasteiger partial charge in [-0.3, -0.25) is 14.9 Å². The van der Waals surface area contributed by atoms with Crippen molar-refractivity contribution in [2.24, 2.45) is 11.8 Å². The largest absolute Gasteiger partial charge is 0.439 e. The molecule has 0 saturated carbocycles. The van der Waals surface area contributed by atoms with Crippen molar-refractivity contribution in [3.8, 4) is 0 Å². The number of rotatable bonds is 5. The van der Waals surface area contributed by atoms with E-state index in [1.165, 1.54) is 12.1 Å². The Kier molecular flexibility index (Phi) is 5.85. The number of carbonyl (C=O) groups is 1. The number of ether oxygens (including phenoxy) is 1. The zero-order valence-electron chi connectivity index (χ0n) is 17.8. The highest BCUT2D eigenvalue weighted by Crippen LogP contribution is 2.34. The van der Waals surface area contributed by atoms with Crippen molar-refractivity contribution in [2.45, 2.75) is 27.0 Å². The molecule has 1 saturated heterocycles. The summed E-state index contributed by atoms with van der Waals surface area (Å²) in [5.41, 5.74) is 0.357. The van der Waals surface area contributed by atoms with Gasteiger partial charge in [0.15, 0.2) is 6.73 Å². The molecule has 1 fully saturated rings. The van der Waals surface area contributed by atoms with Gasteiger partial charge in [-0.15, -0.1) is 5.10 Å². The monoisotopic (exact) mass is 437 g/mol. The van der Waals surface area contributed by atoms with Crippen LogP contribution >= 0.6 is 0 Å². The van der Waals surface area contributed by atoms with Crippen molar-refractivity contribution in [3.05, 3.63) is 68.5 Å². The average Bonchev–Trinajstić information content (AvgIpc) is 2.77. The Morgan fingerprint density at radius 3 is 2.62 bits per heavy atom. The van der Waals surface area contributed by atoms with Crippen LogP contribution in [-0.2, 0) is 11.5 Å². The van der Waals surface area contributed by atoms with Crippen LogP contribution in [0.2, 0.25) is 0 Å². The summed E-state index contributed by atoms with van der Waals surface area (Å²) < 4.78 is 6.11. The fraction of sp³-hybridized carbons (Fsp3) is 0.364. The van der Waals surface area contributed by atoms with E-state index in [0.717, 1.165) is 24.2 Å². The minimum Gasteiger partial charge on any atom is -0.439 e. The third-order valence-electron chi connectivity index (χ3n) is 5.56. The minimum absolute atomic E-state index is 0.0281. The van der Waals surface area contributed by atoms with Crippen molar-refractivity contribution < 1.29 is 14.5 Å². The standard InChI is InChI=1S/C22H23N5O5/c1-14-9-15(2)12-25(11-14)19-8-7-16(10-20(19)27(30)31)22(29)32-13-26-21(28)17-5-3-4-6-18(17)23-24-26/h3-8,10,14-15H,9,11-13H2,1-2H3. The quantitative estimate of drug-likeness (QED) is 0.339. The van der Waals surface area contributed by atoms with Crippen LogP contribution in [0, 0.1) is 22.0 Å². The van der Waals surface area contributed by atoms with Crippen molar-refractivity contribution in [3.63, 3.8) is 0 Å². The first kappa shape index (κ1) is 21.4. The molecule has 1 aliphatic heterocycles. The van der Waals surface area contributed by atoms with E-state index in [0.29, 0.717) is 28.4 Å². The lowest BCUT2D eigenvalue weighted by molar-refractivity contribution is -0.384. The smallest absolute Gasteiger partial charge is 0.340 e. The Labute approximate surface area is 183 Å². The second-order valence-corrected chi connectivity index (χ2v) is 8.28. The van der Waals surface area contributed by atoms with E-state index in [4.69, 9.17) is 4.74 Å². The van der Waals surface area contributed by atoms with Crippen LogP contribution < -0.4 is 10.5 Å². The summed E-state index contributed by atoms with van der Waals surface area (Å²) in [4.78, 5) is 38.2. The molecule has 1 aromatic heterocycles. The summed E-state index contributed by atoms with van der Waals surface area (Å²) in [5.74, 6) is 0.0515. The highest BCUT2D eigenvalue weighted by molar-refractivity contribution is 5.91. The summed E-state index contributed by atoms with van der Waals surface area (Å²) in [6.07, 6.45) is 1.08. The summed E-state index contributed by atoms with van der Waals surface area (Å²) >= 11 is 0. The first-order valence-corrected chi connectivity index (χ1v) is 10.4. The van der Waals surface area contributed by atoms with Crippen LogP contribution in [-0.4, -0.2) is 39.0 Å². The molecule has 4 rings (SSSR count). The number of carbonyl (C=O) groups excluding carboxylic acids is 1. The molecule has 32 heavy (non-hydrogen) atoms. The molecule has 2 atom stereocenters. The van der Waals surface area contributed by atoms with Gasteiger partial charge in [-0.1, -0.05) is 31.2 Å². The minimum atomic E-state index is -0.790. The van der Waals surface area contributed by atoms with Crippen molar-refractivity contribution in [1.82, 2.24) is 15.0 Å². The average molecular weight is 437 g/mol. The molecule has 2 aromatic carbocycles. The summed E-state index contributed by atoms with van der Waals surface area (Å²) in [6.45, 7) is 5.24. The number of nitro benzene ring substituents is 1. The molecular weight excluding hydrogens is 414 g/mol. The van der Waals surface area contributed by atoms with Gasteiger partial charge in [0.25, 0.3) is 11.2 Å². The molecule has 0 radical (unpaired) electrons. The van der Waals surface area contributed by atoms with Crippen LogP contribution in [0.15, 0.2) is 47.3 Å². The van der Waals surface area contributed by atoms with Crippen LogP contribution in [0.5, 0.6) is 0 Å². The Bertz CT molecular complexity index is 1230. The molecule has 0 aliphatic carbocycles. The third-order valence-corrected chi connectivity index (χ3v) is 5.56. The number of esters is 1. The van der Waals surface area contributed by atoms with Crippen molar-refractivity contribution in [2.75, 3.05) is 18.0 Å². The third kappa shape index (κ3) is 4.29. The van der Waals surface area contributed by atoms with Gasteiger partial charge in [-0.05, 0) is 42.5 Å². The highest BCUT2D eigenvalue weighted by Gasteiger charge is 2.28. The van der Waals surface area contributed by atoms with Crippen LogP contribution in [0.4, 0.5) is 11.4 Å². The number of hydrogen-bond donors (Lipinski definition) is 0. The Morgan fingerprint density at radius 1 is 1.19 bits per heavy atom. The van der Waals surface area contributed by atoms with Gasteiger partial charge >= 0.3 is 5.97 Å². The SMILES string of the molecule is CC1CC(C)CN(c2ccc(C(=O)OCn3nnc4ccccc4c3=O)cc2[N+](=O)[O-])C1. The van der Waals surface area contributed by atoms with E-state index >= 15 is 0 Å². The van der Waals surface area contributed by atoms with E-state index in [1.54, 1.807) is 30.3 Å². The Morgan fingerprint density at radius 2 is 1.91 bits per heavy atom. The van der Waals surface area contributed by atoms with E-state index in [1.807, 2.05) is 4.90 Å². The van der Waals surface area contributed by atoms with E-state index < -0.39 is 23.2 Å². The molecule has 1 aliphatic rings. The number of nitrogens with zero attached hydrogens (tertiary/aromatic N) is 5. The normalized spacial score (nSPS) is 18.5. The molecule has 2 unspecified atom stereocenters. The molecule has 2 heterocycles. The van der Waals surface area contributed by atoms with Gasteiger partial charge in [0, 0.05) is 19.2 Å².